The number of aryl methyl sites for hydroxylation is 1. The van der Waals surface area contributed by atoms with Crippen molar-refractivity contribution < 1.29 is 18.7 Å². The number of nitrogens with zero attached hydrogens (tertiary/aromatic N) is 1. The second-order valence-electron chi connectivity index (χ2n) is 6.57. The molecule has 0 unspecified atom stereocenters. The van der Waals surface area contributed by atoms with Gasteiger partial charge < -0.3 is 19.9 Å². The van der Waals surface area contributed by atoms with Crippen molar-refractivity contribution in [2.75, 3.05) is 17.2 Å². The van der Waals surface area contributed by atoms with Gasteiger partial charge in [-0.05, 0) is 50.2 Å². The first kappa shape index (κ1) is 17.8. The summed E-state index contributed by atoms with van der Waals surface area (Å²) >= 11 is 0. The van der Waals surface area contributed by atoms with Gasteiger partial charge in [0.05, 0.1) is 16.9 Å². The quantitative estimate of drug-likeness (QED) is 0.727. The summed E-state index contributed by atoms with van der Waals surface area (Å²) in [5.41, 5.74) is 3.24. The molecule has 2 heterocycles. The molecule has 0 saturated heterocycles. The number of hydrogen-bond donors (Lipinski definition) is 2. The molecule has 0 atom stereocenters. The molecule has 4 rings (SSSR count). The van der Waals surface area contributed by atoms with Gasteiger partial charge in [0, 0.05) is 17.1 Å². The molecule has 2 amide bonds. The molecule has 0 bridgehead atoms. The maximum Gasteiger partial charge on any atom is 0.262 e. The van der Waals surface area contributed by atoms with Gasteiger partial charge in [-0.15, -0.1) is 0 Å². The van der Waals surface area contributed by atoms with Gasteiger partial charge in [-0.2, -0.15) is 0 Å². The van der Waals surface area contributed by atoms with Crippen LogP contribution in [0.4, 0.5) is 15.8 Å². The topological polar surface area (TPSA) is 72.4 Å². The minimum Gasteiger partial charge on any atom is -0.482 e. The predicted octanol–water partition coefficient (Wildman–Crippen LogP) is 3.82. The zero-order valence-electron chi connectivity index (χ0n) is 15.4. The molecule has 0 radical (unpaired) electrons. The van der Waals surface area contributed by atoms with Crippen LogP contribution in [-0.2, 0) is 4.79 Å². The normalized spacial score (nSPS) is 12.8. The molecule has 0 aliphatic carbocycles. The Morgan fingerprint density at radius 2 is 1.96 bits per heavy atom. The number of fused-ring (bicyclic) bond motifs is 1. The summed E-state index contributed by atoms with van der Waals surface area (Å²) in [5.74, 6) is -0.375. The second kappa shape index (κ2) is 6.84. The van der Waals surface area contributed by atoms with Gasteiger partial charge in [0.25, 0.3) is 11.8 Å². The highest BCUT2D eigenvalue weighted by Gasteiger charge is 2.20. The van der Waals surface area contributed by atoms with Crippen LogP contribution < -0.4 is 15.4 Å². The third-order valence-electron chi connectivity index (χ3n) is 4.64. The summed E-state index contributed by atoms with van der Waals surface area (Å²) in [4.78, 5) is 24.3. The van der Waals surface area contributed by atoms with Crippen LogP contribution in [-0.4, -0.2) is 23.0 Å². The lowest BCUT2D eigenvalue weighted by Crippen LogP contribution is -2.25. The third kappa shape index (κ3) is 3.11. The van der Waals surface area contributed by atoms with E-state index in [4.69, 9.17) is 4.74 Å². The minimum atomic E-state index is -0.360. The van der Waals surface area contributed by atoms with Crippen LogP contribution >= 0.6 is 0 Å². The highest BCUT2D eigenvalue weighted by molar-refractivity contribution is 6.06. The molecule has 0 spiro atoms. The zero-order chi connectivity index (χ0) is 19.8. The lowest BCUT2D eigenvalue weighted by molar-refractivity contribution is -0.118. The van der Waals surface area contributed by atoms with Gasteiger partial charge in [-0.25, -0.2) is 4.39 Å². The monoisotopic (exact) mass is 379 g/mol. The van der Waals surface area contributed by atoms with Crippen LogP contribution in [0.2, 0.25) is 0 Å². The van der Waals surface area contributed by atoms with Crippen LogP contribution in [0.25, 0.3) is 5.69 Å². The first-order valence-corrected chi connectivity index (χ1v) is 8.76. The fraction of sp³-hybridized carbons (Fsp3) is 0.143. The van der Waals surface area contributed by atoms with Crippen molar-refractivity contribution in [2.45, 2.75) is 13.8 Å². The Balaban J connectivity index is 1.63. The molecule has 0 fully saturated rings. The summed E-state index contributed by atoms with van der Waals surface area (Å²) in [5, 5.41) is 5.52. The molecule has 2 N–H and O–H groups in total. The van der Waals surface area contributed by atoms with Crippen molar-refractivity contribution in [3.05, 3.63) is 71.3 Å². The Hall–Kier alpha value is -3.61. The van der Waals surface area contributed by atoms with Crippen molar-refractivity contribution in [3.63, 3.8) is 0 Å². The Labute approximate surface area is 160 Å². The van der Waals surface area contributed by atoms with Crippen molar-refractivity contribution >= 4 is 23.2 Å². The van der Waals surface area contributed by atoms with E-state index < -0.39 is 0 Å². The number of hydrogen-bond acceptors (Lipinski definition) is 3. The average Bonchev–Trinajstić information content (AvgIpc) is 2.96. The lowest BCUT2D eigenvalue weighted by atomic mass is 10.2. The number of carbonyl (C=O) groups excluding carboxylic acids is 2. The number of benzene rings is 2. The van der Waals surface area contributed by atoms with E-state index in [1.54, 1.807) is 54.0 Å². The second-order valence-corrected chi connectivity index (χ2v) is 6.57. The number of carbonyl (C=O) groups is 2. The lowest BCUT2D eigenvalue weighted by Gasteiger charge is -2.18. The molecule has 1 aliphatic rings. The van der Waals surface area contributed by atoms with E-state index in [0.29, 0.717) is 34.1 Å². The smallest absolute Gasteiger partial charge is 0.262 e. The molecule has 2 aromatic carbocycles. The Bertz CT molecular complexity index is 1100. The van der Waals surface area contributed by atoms with E-state index in [0.717, 1.165) is 5.69 Å². The van der Waals surface area contributed by atoms with Gasteiger partial charge in [0.1, 0.15) is 11.6 Å². The maximum absolute atomic E-state index is 14.2. The van der Waals surface area contributed by atoms with Crippen molar-refractivity contribution in [3.8, 4) is 11.4 Å². The number of halogens is 1. The predicted molar refractivity (Wildman–Crippen MR) is 104 cm³/mol. The Morgan fingerprint density at radius 3 is 2.75 bits per heavy atom. The number of para-hydroxylation sites is 1. The van der Waals surface area contributed by atoms with E-state index in [1.165, 1.54) is 6.07 Å². The fourth-order valence-corrected chi connectivity index (χ4v) is 3.36. The van der Waals surface area contributed by atoms with Crippen molar-refractivity contribution in [1.29, 1.82) is 0 Å². The minimum absolute atomic E-state index is 0.0270. The van der Waals surface area contributed by atoms with E-state index in [1.807, 2.05) is 6.92 Å². The Kier molecular flexibility index (Phi) is 4.35. The van der Waals surface area contributed by atoms with E-state index in [-0.39, 0.29) is 24.2 Å². The highest BCUT2D eigenvalue weighted by atomic mass is 19.1. The van der Waals surface area contributed by atoms with Gasteiger partial charge in [0.15, 0.2) is 6.61 Å². The van der Waals surface area contributed by atoms with Gasteiger partial charge in [-0.1, -0.05) is 12.1 Å². The molecular formula is C21H18FN3O3. The van der Waals surface area contributed by atoms with Crippen molar-refractivity contribution in [2.24, 2.45) is 0 Å². The number of aromatic nitrogens is 1. The number of amides is 2. The van der Waals surface area contributed by atoms with Gasteiger partial charge in [-0.3, -0.25) is 9.59 Å². The average molecular weight is 379 g/mol. The van der Waals surface area contributed by atoms with Crippen molar-refractivity contribution in [1.82, 2.24) is 4.57 Å². The summed E-state index contributed by atoms with van der Waals surface area (Å²) in [6, 6.07) is 13.2. The molecular weight excluding hydrogens is 361 g/mol. The zero-order valence-corrected chi connectivity index (χ0v) is 15.4. The SMILES string of the molecule is Cc1cc(C(=O)Nc2ccc3c(c2)NC(=O)CO3)c(C)n1-c1ccccc1F. The fourth-order valence-electron chi connectivity index (χ4n) is 3.36. The first-order valence-electron chi connectivity index (χ1n) is 8.76. The summed E-state index contributed by atoms with van der Waals surface area (Å²) < 4.78 is 21.2. The van der Waals surface area contributed by atoms with E-state index >= 15 is 0 Å². The van der Waals surface area contributed by atoms with Crippen LogP contribution in [0, 0.1) is 19.7 Å². The molecule has 1 aliphatic heterocycles. The summed E-state index contributed by atoms with van der Waals surface area (Å²) in [6.07, 6.45) is 0. The van der Waals surface area contributed by atoms with Gasteiger partial charge in [0.2, 0.25) is 0 Å². The maximum atomic E-state index is 14.2. The standard InChI is InChI=1S/C21H18FN3O3/c1-12-9-15(13(2)25(12)18-6-4-3-5-16(18)22)21(27)23-14-7-8-19-17(10-14)24-20(26)11-28-19/h3-10H,11H2,1-2H3,(H,23,27)(H,24,26). The molecule has 142 valence electrons. The van der Waals surface area contributed by atoms with Gasteiger partial charge >= 0.3 is 0 Å². The highest BCUT2D eigenvalue weighted by Crippen LogP contribution is 2.31. The molecule has 7 heteroatoms. The van der Waals surface area contributed by atoms with E-state index in [2.05, 4.69) is 10.6 Å². The number of ether oxygens (including phenoxy) is 1. The van der Waals surface area contributed by atoms with Crippen LogP contribution in [0.1, 0.15) is 21.7 Å². The summed E-state index contributed by atoms with van der Waals surface area (Å²) in [7, 11) is 0. The summed E-state index contributed by atoms with van der Waals surface area (Å²) in [6.45, 7) is 3.57. The molecule has 28 heavy (non-hydrogen) atoms. The molecule has 6 nitrogen and oxygen atoms in total. The van der Waals surface area contributed by atoms with Crippen LogP contribution in [0.15, 0.2) is 48.5 Å². The van der Waals surface area contributed by atoms with Crippen LogP contribution in [0.5, 0.6) is 5.75 Å². The van der Waals surface area contributed by atoms with E-state index in [9.17, 15) is 14.0 Å². The molecule has 0 saturated carbocycles. The number of rotatable bonds is 3. The van der Waals surface area contributed by atoms with Crippen LogP contribution in [0.3, 0.4) is 0 Å². The molecule has 1 aromatic heterocycles. The largest absolute Gasteiger partial charge is 0.482 e. The number of nitrogens with one attached hydrogen (secondary N) is 2. The molecule has 3 aromatic rings. The number of anilines is 2. The Morgan fingerprint density at radius 1 is 1.18 bits per heavy atom. The third-order valence-corrected chi connectivity index (χ3v) is 4.64. The first-order chi connectivity index (χ1) is 13.4.